The summed E-state index contributed by atoms with van der Waals surface area (Å²) in [5, 5.41) is 16.1. The first-order valence-electron chi connectivity index (χ1n) is 7.15. The van der Waals surface area contributed by atoms with Gasteiger partial charge in [0.2, 0.25) is 12.2 Å². The number of nitrogens with zero attached hydrogens (tertiary/aromatic N) is 2. The quantitative estimate of drug-likeness (QED) is 0.270. The van der Waals surface area contributed by atoms with Crippen LogP contribution in [0.15, 0.2) is 9.98 Å². The van der Waals surface area contributed by atoms with Crippen molar-refractivity contribution in [3.8, 4) is 0 Å². The highest BCUT2D eigenvalue weighted by Gasteiger charge is 2.07. The molecule has 0 unspecified atom stereocenters. The zero-order valence-corrected chi connectivity index (χ0v) is 15.3. The maximum absolute atomic E-state index is 10.9. The molecule has 2 N–H and O–H groups in total. The van der Waals surface area contributed by atoms with E-state index in [1.54, 1.807) is 0 Å². The normalized spacial score (nSPS) is 8.92. The van der Waals surface area contributed by atoms with E-state index in [1.165, 1.54) is 12.2 Å². The van der Waals surface area contributed by atoms with Gasteiger partial charge in [-0.2, -0.15) is 0 Å². The Morgan fingerprint density at radius 2 is 1.19 bits per heavy atom. The first kappa shape index (κ1) is 26.0. The van der Waals surface area contributed by atoms with E-state index in [9.17, 15) is 28.8 Å². The molecule has 0 rings (SSSR count). The zero-order valence-electron chi connectivity index (χ0n) is 13.7. The van der Waals surface area contributed by atoms with E-state index in [-0.39, 0.29) is 54.8 Å². The van der Waals surface area contributed by atoms with E-state index < -0.39 is 11.9 Å². The van der Waals surface area contributed by atoms with Gasteiger partial charge < -0.3 is 10.2 Å². The summed E-state index contributed by atoms with van der Waals surface area (Å²) in [6, 6.07) is 0. The molecular formula is C14H18N2O8S2. The van der Waals surface area contributed by atoms with Gasteiger partial charge in [0.25, 0.3) is 0 Å². The van der Waals surface area contributed by atoms with Crippen LogP contribution in [0.3, 0.4) is 0 Å². The second kappa shape index (κ2) is 19.1. The fourth-order valence-corrected chi connectivity index (χ4v) is 2.45. The topological polar surface area (TPSA) is 168 Å². The average molecular weight is 406 g/mol. The van der Waals surface area contributed by atoms with E-state index >= 15 is 0 Å². The van der Waals surface area contributed by atoms with E-state index in [2.05, 4.69) is 9.98 Å². The number of hydrogen-bond donors (Lipinski definition) is 2. The largest absolute Gasteiger partial charge is 0.481 e. The van der Waals surface area contributed by atoms with Crippen LogP contribution < -0.4 is 0 Å². The number of carbonyl (C=O) groups excluding carboxylic acids is 4. The molecule has 0 aromatic carbocycles. The number of carbonyl (C=O) groups is 4. The minimum atomic E-state index is -1.02. The minimum absolute atomic E-state index is 0.0420. The number of aliphatic carboxylic acids is 2. The van der Waals surface area contributed by atoms with Crippen molar-refractivity contribution < 1.29 is 39.0 Å². The van der Waals surface area contributed by atoms with Crippen LogP contribution in [0.25, 0.3) is 0 Å². The van der Waals surface area contributed by atoms with Gasteiger partial charge in [-0.05, 0) is 0 Å². The van der Waals surface area contributed by atoms with Gasteiger partial charge in [-0.1, -0.05) is 23.5 Å². The highest BCUT2D eigenvalue weighted by Crippen LogP contribution is 2.08. The maximum Gasteiger partial charge on any atom is 0.304 e. The highest BCUT2D eigenvalue weighted by molar-refractivity contribution is 8.13. The predicted molar refractivity (Wildman–Crippen MR) is 94.6 cm³/mol. The van der Waals surface area contributed by atoms with Crippen LogP contribution in [-0.4, -0.2) is 69.1 Å². The van der Waals surface area contributed by atoms with Crippen molar-refractivity contribution in [3.05, 3.63) is 0 Å². The Bertz CT molecular complexity index is 547. The van der Waals surface area contributed by atoms with E-state index in [4.69, 9.17) is 10.2 Å². The Hall–Kier alpha value is -2.26. The highest BCUT2D eigenvalue weighted by atomic mass is 32.2. The number of hydrogen-bond acceptors (Lipinski definition) is 10. The second-order valence-corrected chi connectivity index (χ2v) is 6.48. The van der Waals surface area contributed by atoms with Gasteiger partial charge >= 0.3 is 11.9 Å². The zero-order chi connectivity index (χ0) is 20.2. The van der Waals surface area contributed by atoms with E-state index in [0.29, 0.717) is 5.75 Å². The molecule has 0 aromatic heterocycles. The van der Waals surface area contributed by atoms with Gasteiger partial charge in [0.1, 0.15) is 0 Å². The maximum atomic E-state index is 10.9. The molecule has 144 valence electrons. The van der Waals surface area contributed by atoms with E-state index in [1.807, 2.05) is 0 Å². The molecule has 0 saturated carbocycles. The Morgan fingerprint density at radius 3 is 1.73 bits per heavy atom. The molecule has 0 aliphatic heterocycles. The number of aliphatic imine (C=N–C) groups is 2. The number of isocyanates is 2. The molecule has 0 spiro atoms. The Kier molecular flexibility index (Phi) is 19.1. The monoisotopic (exact) mass is 406 g/mol. The molecule has 0 bridgehead atoms. The van der Waals surface area contributed by atoms with Gasteiger partial charge in [-0.25, -0.2) is 19.6 Å². The molecular weight excluding hydrogens is 388 g/mol. The molecule has 0 aliphatic rings. The van der Waals surface area contributed by atoms with Crippen molar-refractivity contribution in [1.29, 1.82) is 0 Å². The number of carboxylic acid groups (broad SMARTS) is 2. The van der Waals surface area contributed by atoms with Crippen LogP contribution in [0.5, 0.6) is 0 Å². The first-order chi connectivity index (χ1) is 12.3. The Morgan fingerprint density at radius 1 is 0.692 bits per heavy atom. The van der Waals surface area contributed by atoms with Gasteiger partial charge in [0.15, 0.2) is 10.2 Å². The molecule has 0 aromatic rings. The molecule has 10 nitrogen and oxygen atoms in total. The fraction of sp³-hybridized carbons (Fsp3) is 0.571. The number of thioether (sulfide) groups is 2. The summed E-state index contributed by atoms with van der Waals surface area (Å²) in [6.07, 6.45) is 2.61. The van der Waals surface area contributed by atoms with Crippen LogP contribution in [0, 0.1) is 0 Å². The summed E-state index contributed by atoms with van der Waals surface area (Å²) in [5.74, 6) is -1.32. The van der Waals surface area contributed by atoms with Gasteiger partial charge in [-0.3, -0.25) is 19.2 Å². The van der Waals surface area contributed by atoms with Crippen LogP contribution in [0.4, 0.5) is 0 Å². The van der Waals surface area contributed by atoms with Crippen molar-refractivity contribution >= 4 is 57.9 Å². The van der Waals surface area contributed by atoms with Gasteiger partial charge in [-0.15, -0.1) is 0 Å². The lowest BCUT2D eigenvalue weighted by Gasteiger charge is -1.96. The van der Waals surface area contributed by atoms with Crippen LogP contribution in [0.1, 0.15) is 25.7 Å². The van der Waals surface area contributed by atoms with Crippen molar-refractivity contribution in [2.45, 2.75) is 25.7 Å². The lowest BCUT2D eigenvalue weighted by Crippen LogP contribution is -2.02. The third-order valence-electron chi connectivity index (χ3n) is 2.14. The summed E-state index contributed by atoms with van der Waals surface area (Å²) < 4.78 is 0. The number of carboxylic acids is 2. The third kappa shape index (κ3) is 24.0. The minimum Gasteiger partial charge on any atom is -0.481 e. The standard InChI is InChI=1S/C7H8N2O3S.C7H10O5S/c10-5-8-2-1-7(12)13-4-3-9-6-11;8-5(9)1-2-7(12)13-4-3-6(10)11/h1-4H2;1-4H2,(H,8,9)(H,10,11). The van der Waals surface area contributed by atoms with Crippen LogP contribution in [0.2, 0.25) is 0 Å². The predicted octanol–water partition coefficient (Wildman–Crippen LogP) is 0.894. The fourth-order valence-electron chi connectivity index (χ4n) is 1.05. The Balaban J connectivity index is 0. The van der Waals surface area contributed by atoms with Crippen molar-refractivity contribution in [2.24, 2.45) is 9.98 Å². The van der Waals surface area contributed by atoms with Crippen molar-refractivity contribution in [1.82, 2.24) is 0 Å². The molecule has 0 fully saturated rings. The molecule has 12 heteroatoms. The Labute approximate surface area is 157 Å². The summed E-state index contributed by atoms with van der Waals surface area (Å²) in [4.78, 5) is 67.5. The summed E-state index contributed by atoms with van der Waals surface area (Å²) in [7, 11) is 0. The SMILES string of the molecule is O=C(O)CCSC(=O)CCC(=O)O.O=C=NCCSC(=O)CCN=C=O. The molecule has 0 atom stereocenters. The van der Waals surface area contributed by atoms with Gasteiger partial charge in [0.05, 0.1) is 25.9 Å². The lowest BCUT2D eigenvalue weighted by atomic mass is 10.3. The molecule has 0 heterocycles. The van der Waals surface area contributed by atoms with Gasteiger partial charge in [0, 0.05) is 24.3 Å². The summed E-state index contributed by atoms with van der Waals surface area (Å²) in [5.41, 5.74) is 0. The first-order valence-corrected chi connectivity index (χ1v) is 9.12. The average Bonchev–Trinajstić information content (AvgIpc) is 2.57. The molecule has 26 heavy (non-hydrogen) atoms. The summed E-state index contributed by atoms with van der Waals surface area (Å²) in [6.45, 7) is 0.461. The van der Waals surface area contributed by atoms with Crippen LogP contribution in [-0.2, 0) is 28.8 Å². The van der Waals surface area contributed by atoms with Crippen molar-refractivity contribution in [3.63, 3.8) is 0 Å². The third-order valence-corrected chi connectivity index (χ3v) is 3.99. The molecule has 0 amide bonds. The second-order valence-electron chi connectivity index (χ2n) is 4.17. The summed E-state index contributed by atoms with van der Waals surface area (Å²) >= 11 is 1.93. The molecule has 0 radical (unpaired) electrons. The van der Waals surface area contributed by atoms with Crippen LogP contribution >= 0.6 is 23.5 Å². The number of rotatable bonds is 12. The lowest BCUT2D eigenvalue weighted by molar-refractivity contribution is -0.138. The smallest absolute Gasteiger partial charge is 0.304 e. The molecule has 0 aliphatic carbocycles. The van der Waals surface area contributed by atoms with Crippen molar-refractivity contribution in [2.75, 3.05) is 24.6 Å². The molecule has 0 saturated heterocycles. The van der Waals surface area contributed by atoms with E-state index in [0.717, 1.165) is 23.5 Å².